The van der Waals surface area contributed by atoms with Crippen molar-refractivity contribution in [2.75, 3.05) is 13.1 Å². The molecule has 3 amide bonds. The van der Waals surface area contributed by atoms with E-state index in [-0.39, 0.29) is 31.0 Å². The number of fused-ring (bicyclic) bond motifs is 1. The van der Waals surface area contributed by atoms with Gasteiger partial charge in [-0.25, -0.2) is 8.42 Å². The first-order chi connectivity index (χ1) is 19.2. The lowest BCUT2D eigenvalue weighted by atomic mass is 9.95. The third-order valence-corrected chi connectivity index (χ3v) is 10.1. The van der Waals surface area contributed by atoms with Gasteiger partial charge >= 0.3 is 0 Å². The van der Waals surface area contributed by atoms with Crippen LogP contribution in [0.2, 0.25) is 0 Å². The summed E-state index contributed by atoms with van der Waals surface area (Å²) in [5.41, 5.74) is 0.876. The molecule has 1 unspecified atom stereocenters. The standard InChI is InChI=1S/C26H22N4O7S3/c31-24(27-11-12-28-25(32)22(39-26(28)33)15-19-8-5-13-38-19)21-14-17-6-1-2-7-18(17)16-29(21)40(36,37)23-10-4-3-9-20(23)30(34)35/h1-10,13,15,21H,11-12,14,16H2,(H,27,31)/b22-15+. The Morgan fingerprint density at radius 2 is 1.80 bits per heavy atom. The van der Waals surface area contributed by atoms with Gasteiger partial charge in [-0.3, -0.25) is 29.4 Å². The van der Waals surface area contributed by atoms with Gasteiger partial charge in [-0.1, -0.05) is 42.5 Å². The van der Waals surface area contributed by atoms with Crippen molar-refractivity contribution in [3.8, 4) is 0 Å². The predicted octanol–water partition coefficient (Wildman–Crippen LogP) is 3.62. The van der Waals surface area contributed by atoms with Gasteiger partial charge < -0.3 is 5.32 Å². The molecule has 0 aliphatic carbocycles. The number of nitro groups is 1. The largest absolute Gasteiger partial charge is 0.353 e. The second-order valence-electron chi connectivity index (χ2n) is 8.90. The lowest BCUT2D eigenvalue weighted by Crippen LogP contribution is -2.53. The van der Waals surface area contributed by atoms with Gasteiger partial charge in [0.15, 0.2) is 4.90 Å². The zero-order valence-electron chi connectivity index (χ0n) is 20.8. The summed E-state index contributed by atoms with van der Waals surface area (Å²) in [6.07, 6.45) is 1.69. The van der Waals surface area contributed by atoms with Gasteiger partial charge in [-0.2, -0.15) is 4.31 Å². The number of rotatable bonds is 8. The Kier molecular flexibility index (Phi) is 7.85. The number of carbonyl (C=O) groups excluding carboxylic acids is 3. The first kappa shape index (κ1) is 27.7. The lowest BCUT2D eigenvalue weighted by molar-refractivity contribution is -0.387. The Bertz CT molecular complexity index is 1640. The number of hydrogen-bond acceptors (Lipinski definition) is 9. The van der Waals surface area contributed by atoms with Crippen molar-refractivity contribution in [2.24, 2.45) is 0 Å². The monoisotopic (exact) mass is 598 g/mol. The topological polar surface area (TPSA) is 147 Å². The van der Waals surface area contributed by atoms with Crippen LogP contribution >= 0.6 is 23.1 Å². The van der Waals surface area contributed by atoms with E-state index in [0.29, 0.717) is 5.56 Å². The normalized spacial score (nSPS) is 18.6. The molecule has 1 saturated heterocycles. The Labute approximate surface area is 237 Å². The molecule has 2 aromatic carbocycles. The van der Waals surface area contributed by atoms with Gasteiger partial charge in [0.05, 0.1) is 9.83 Å². The van der Waals surface area contributed by atoms with Crippen LogP contribution in [0.3, 0.4) is 0 Å². The zero-order chi connectivity index (χ0) is 28.4. The molecular weight excluding hydrogens is 577 g/mol. The second kappa shape index (κ2) is 11.3. The van der Waals surface area contributed by atoms with Crippen molar-refractivity contribution >= 4 is 61.9 Å². The van der Waals surface area contributed by atoms with Crippen LogP contribution in [0.1, 0.15) is 16.0 Å². The first-order valence-electron chi connectivity index (χ1n) is 12.1. The fourth-order valence-electron chi connectivity index (χ4n) is 4.53. The van der Waals surface area contributed by atoms with E-state index in [2.05, 4.69) is 5.32 Å². The van der Waals surface area contributed by atoms with Gasteiger partial charge in [-0.05, 0) is 52.9 Å². The number of imide groups is 1. The number of nitro benzene ring substituents is 1. The number of nitrogens with one attached hydrogen (secondary N) is 1. The first-order valence-corrected chi connectivity index (χ1v) is 15.2. The Balaban J connectivity index is 1.34. The van der Waals surface area contributed by atoms with Gasteiger partial charge in [0.2, 0.25) is 5.91 Å². The van der Waals surface area contributed by atoms with Crippen molar-refractivity contribution in [2.45, 2.75) is 23.9 Å². The highest BCUT2D eigenvalue weighted by Gasteiger charge is 2.42. The summed E-state index contributed by atoms with van der Waals surface area (Å²) in [6.45, 7) is -0.349. The van der Waals surface area contributed by atoms with Gasteiger partial charge in [0, 0.05) is 30.6 Å². The van der Waals surface area contributed by atoms with E-state index in [1.165, 1.54) is 23.5 Å². The highest BCUT2D eigenvalue weighted by molar-refractivity contribution is 8.18. The fraction of sp³-hybridized carbons (Fsp3) is 0.192. The summed E-state index contributed by atoms with van der Waals surface area (Å²) in [7, 11) is -4.46. The molecule has 14 heteroatoms. The maximum absolute atomic E-state index is 13.7. The molecule has 0 saturated carbocycles. The predicted molar refractivity (Wildman–Crippen MR) is 150 cm³/mol. The number of carbonyl (C=O) groups is 3. The van der Waals surface area contributed by atoms with E-state index in [4.69, 9.17) is 0 Å². The molecular formula is C26H22N4O7S3. The summed E-state index contributed by atoms with van der Waals surface area (Å²) in [6, 6.07) is 14.5. The molecule has 3 aromatic rings. The van der Waals surface area contributed by atoms with E-state index in [9.17, 15) is 32.9 Å². The number of amides is 3. The van der Waals surface area contributed by atoms with Crippen LogP contribution in [-0.4, -0.2) is 58.7 Å². The minimum atomic E-state index is -4.46. The van der Waals surface area contributed by atoms with E-state index >= 15 is 0 Å². The van der Waals surface area contributed by atoms with Crippen molar-refractivity contribution in [1.82, 2.24) is 14.5 Å². The van der Waals surface area contributed by atoms with Crippen LogP contribution < -0.4 is 5.32 Å². The molecule has 1 aromatic heterocycles. The number of benzene rings is 2. The fourth-order valence-corrected chi connectivity index (χ4v) is 7.84. The van der Waals surface area contributed by atoms with E-state index in [1.807, 2.05) is 17.5 Å². The Hall–Kier alpha value is -3.85. The summed E-state index contributed by atoms with van der Waals surface area (Å²) >= 11 is 2.24. The molecule has 0 radical (unpaired) electrons. The molecule has 11 nitrogen and oxygen atoms in total. The van der Waals surface area contributed by atoms with Crippen molar-refractivity contribution < 1.29 is 27.7 Å². The molecule has 2 aliphatic heterocycles. The number of thioether (sulfide) groups is 1. The molecule has 3 heterocycles. The van der Waals surface area contributed by atoms with Crippen molar-refractivity contribution in [3.05, 3.63) is 97.1 Å². The van der Waals surface area contributed by atoms with Crippen LogP contribution in [0.15, 0.2) is 75.8 Å². The SMILES string of the molecule is O=C(NCCN1C(=O)S/C(=C/c2cccs2)C1=O)C1Cc2ccccc2CN1S(=O)(=O)c1ccccc1[N+](=O)[O-]. The molecule has 0 bridgehead atoms. The number of sulfonamides is 1. The van der Waals surface area contributed by atoms with E-state index < -0.39 is 48.6 Å². The Morgan fingerprint density at radius 1 is 1.07 bits per heavy atom. The molecule has 40 heavy (non-hydrogen) atoms. The summed E-state index contributed by atoms with van der Waals surface area (Å²) < 4.78 is 28.4. The maximum Gasteiger partial charge on any atom is 0.293 e. The lowest BCUT2D eigenvalue weighted by Gasteiger charge is -2.35. The highest BCUT2D eigenvalue weighted by Crippen LogP contribution is 2.34. The highest BCUT2D eigenvalue weighted by atomic mass is 32.2. The van der Waals surface area contributed by atoms with Crippen molar-refractivity contribution in [3.63, 3.8) is 0 Å². The molecule has 206 valence electrons. The molecule has 0 spiro atoms. The van der Waals surface area contributed by atoms with Gasteiger partial charge in [0.1, 0.15) is 6.04 Å². The van der Waals surface area contributed by atoms with Crippen LogP contribution in [0.25, 0.3) is 6.08 Å². The van der Waals surface area contributed by atoms with Crippen molar-refractivity contribution in [1.29, 1.82) is 0 Å². The quantitative estimate of drug-likeness (QED) is 0.235. The number of hydrogen-bond donors (Lipinski definition) is 1. The molecule has 1 atom stereocenters. The Morgan fingerprint density at radius 3 is 2.52 bits per heavy atom. The van der Waals surface area contributed by atoms with Crippen LogP contribution in [0, 0.1) is 10.1 Å². The van der Waals surface area contributed by atoms with E-state index in [0.717, 1.165) is 43.5 Å². The summed E-state index contributed by atoms with van der Waals surface area (Å²) in [5.74, 6) is -1.11. The number of nitrogens with zero attached hydrogens (tertiary/aromatic N) is 3. The minimum Gasteiger partial charge on any atom is -0.353 e. The molecule has 1 fully saturated rings. The zero-order valence-corrected chi connectivity index (χ0v) is 23.2. The number of thiophene rings is 1. The smallest absolute Gasteiger partial charge is 0.293 e. The molecule has 2 aliphatic rings. The van der Waals surface area contributed by atoms with Crippen LogP contribution in [0.5, 0.6) is 0 Å². The third kappa shape index (κ3) is 5.43. The van der Waals surface area contributed by atoms with Crippen LogP contribution in [0.4, 0.5) is 10.5 Å². The minimum absolute atomic E-state index is 0.0486. The summed E-state index contributed by atoms with van der Waals surface area (Å²) in [4.78, 5) is 51.0. The number of para-hydroxylation sites is 1. The van der Waals surface area contributed by atoms with E-state index in [1.54, 1.807) is 30.3 Å². The molecule has 5 rings (SSSR count). The van der Waals surface area contributed by atoms with Crippen LogP contribution in [-0.2, 0) is 32.6 Å². The second-order valence-corrected chi connectivity index (χ2v) is 12.7. The molecule has 1 N–H and O–H groups in total. The maximum atomic E-state index is 13.7. The summed E-state index contributed by atoms with van der Waals surface area (Å²) in [5, 5.41) is 15.6. The van der Waals surface area contributed by atoms with Gasteiger partial charge in [-0.15, -0.1) is 11.3 Å². The third-order valence-electron chi connectivity index (χ3n) is 6.48. The van der Waals surface area contributed by atoms with Gasteiger partial charge in [0.25, 0.3) is 26.9 Å². The average Bonchev–Trinajstić information content (AvgIpc) is 3.55. The average molecular weight is 599 g/mol.